The summed E-state index contributed by atoms with van der Waals surface area (Å²) in [6.45, 7) is 4.08. The summed E-state index contributed by atoms with van der Waals surface area (Å²) < 4.78 is 3.94. The van der Waals surface area contributed by atoms with E-state index >= 15 is 0 Å². The molecule has 9 heteroatoms. The average Bonchev–Trinajstić information content (AvgIpc) is 3.03. The first kappa shape index (κ1) is 19.9. The Hall–Kier alpha value is -3.39. The van der Waals surface area contributed by atoms with Gasteiger partial charge >= 0.3 is 5.69 Å². The number of aromatic nitrogens is 4. The number of hydrogen-bond acceptors (Lipinski definition) is 4. The highest BCUT2D eigenvalue weighted by Crippen LogP contribution is 2.14. The molecule has 0 saturated carbocycles. The minimum absolute atomic E-state index is 0.168. The number of anilines is 1. The molecule has 0 atom stereocenters. The lowest BCUT2D eigenvalue weighted by atomic mass is 10.2. The SMILES string of the molecule is CC(C)Cn1c(=O)c2ccccc2n2c(=O)n(CC(=O)Nc3ccc(Cl)cc3)nc12. The van der Waals surface area contributed by atoms with Gasteiger partial charge in [-0.05, 0) is 42.3 Å². The lowest BCUT2D eigenvalue weighted by molar-refractivity contribution is -0.117. The number of nitrogens with zero attached hydrogens (tertiary/aromatic N) is 4. The highest BCUT2D eigenvalue weighted by Gasteiger charge is 2.19. The molecule has 0 aliphatic heterocycles. The summed E-state index contributed by atoms with van der Waals surface area (Å²) in [5, 5.41) is 8.01. The second kappa shape index (κ2) is 7.79. The number of rotatable bonds is 5. The molecule has 1 amide bonds. The molecule has 4 aromatic rings. The van der Waals surface area contributed by atoms with Crippen LogP contribution in [0.15, 0.2) is 58.1 Å². The molecular weight excluding hydrogens is 406 g/mol. The maximum absolute atomic E-state index is 13.1. The molecular formula is C21H20ClN5O3. The lowest BCUT2D eigenvalue weighted by Crippen LogP contribution is -2.29. The van der Waals surface area contributed by atoms with Crippen LogP contribution in [0.2, 0.25) is 5.02 Å². The Balaban J connectivity index is 1.80. The number of carbonyl (C=O) groups is 1. The first-order chi connectivity index (χ1) is 14.3. The van der Waals surface area contributed by atoms with Gasteiger partial charge in [0.25, 0.3) is 5.56 Å². The van der Waals surface area contributed by atoms with E-state index in [1.54, 1.807) is 48.5 Å². The monoisotopic (exact) mass is 425 g/mol. The van der Waals surface area contributed by atoms with Crippen molar-refractivity contribution in [2.45, 2.75) is 26.9 Å². The molecule has 2 aromatic carbocycles. The van der Waals surface area contributed by atoms with Gasteiger partial charge in [0.2, 0.25) is 11.7 Å². The van der Waals surface area contributed by atoms with Gasteiger partial charge in [-0.15, -0.1) is 5.10 Å². The Labute approximate surface area is 176 Å². The van der Waals surface area contributed by atoms with Gasteiger partial charge in [0.05, 0.1) is 10.9 Å². The third kappa shape index (κ3) is 3.61. The lowest BCUT2D eigenvalue weighted by Gasteiger charge is -2.11. The molecule has 154 valence electrons. The van der Waals surface area contributed by atoms with Gasteiger partial charge < -0.3 is 5.32 Å². The summed E-state index contributed by atoms with van der Waals surface area (Å²) in [5.74, 6) is -0.0253. The molecule has 1 N–H and O–H groups in total. The van der Waals surface area contributed by atoms with Crippen LogP contribution in [0.1, 0.15) is 13.8 Å². The normalized spacial score (nSPS) is 11.5. The van der Waals surface area contributed by atoms with E-state index in [9.17, 15) is 14.4 Å². The largest absolute Gasteiger partial charge is 0.352 e. The number of halogens is 1. The standard InChI is InChI=1S/C21H20ClN5O3/c1-13(2)11-25-19(29)16-5-3-4-6-17(16)27-20(25)24-26(21(27)30)12-18(28)23-15-9-7-14(22)8-10-15/h3-10,13H,11-12H2,1-2H3,(H,23,28). The summed E-state index contributed by atoms with van der Waals surface area (Å²) in [4.78, 5) is 38.5. The van der Waals surface area contributed by atoms with Crippen LogP contribution in [0, 0.1) is 5.92 Å². The van der Waals surface area contributed by atoms with E-state index < -0.39 is 11.6 Å². The van der Waals surface area contributed by atoms with Crippen molar-refractivity contribution in [3.05, 3.63) is 74.4 Å². The van der Waals surface area contributed by atoms with E-state index in [1.807, 2.05) is 13.8 Å². The second-order valence-electron chi connectivity index (χ2n) is 7.46. The first-order valence-corrected chi connectivity index (χ1v) is 9.89. The fourth-order valence-electron chi connectivity index (χ4n) is 3.37. The summed E-state index contributed by atoms with van der Waals surface area (Å²) in [6, 6.07) is 13.5. The summed E-state index contributed by atoms with van der Waals surface area (Å²) in [6.07, 6.45) is 0. The molecule has 0 aliphatic carbocycles. The fourth-order valence-corrected chi connectivity index (χ4v) is 3.50. The third-order valence-corrected chi connectivity index (χ3v) is 4.91. The topological polar surface area (TPSA) is 90.4 Å². The molecule has 0 radical (unpaired) electrons. The van der Waals surface area contributed by atoms with E-state index in [0.717, 1.165) is 4.68 Å². The van der Waals surface area contributed by atoms with Crippen LogP contribution in [0.3, 0.4) is 0 Å². The molecule has 8 nitrogen and oxygen atoms in total. The third-order valence-electron chi connectivity index (χ3n) is 4.65. The number of nitrogens with one attached hydrogen (secondary N) is 1. The molecule has 0 saturated heterocycles. The molecule has 2 aromatic heterocycles. The number of amides is 1. The zero-order valence-corrected chi connectivity index (χ0v) is 17.3. The van der Waals surface area contributed by atoms with Gasteiger partial charge in [-0.2, -0.15) is 0 Å². The van der Waals surface area contributed by atoms with Gasteiger partial charge in [-0.25, -0.2) is 13.9 Å². The number of fused-ring (bicyclic) bond motifs is 3. The van der Waals surface area contributed by atoms with Crippen LogP contribution in [-0.4, -0.2) is 24.7 Å². The van der Waals surface area contributed by atoms with Crippen LogP contribution >= 0.6 is 11.6 Å². The van der Waals surface area contributed by atoms with Crippen molar-refractivity contribution in [3.63, 3.8) is 0 Å². The van der Waals surface area contributed by atoms with Crippen LogP contribution in [0.4, 0.5) is 5.69 Å². The molecule has 0 bridgehead atoms. The quantitative estimate of drug-likeness (QED) is 0.532. The Bertz CT molecular complexity index is 1370. The maximum Gasteiger partial charge on any atom is 0.352 e. The van der Waals surface area contributed by atoms with Gasteiger partial charge in [-0.1, -0.05) is 37.6 Å². The molecule has 4 rings (SSSR count). The average molecular weight is 426 g/mol. The minimum atomic E-state index is -0.482. The van der Waals surface area contributed by atoms with E-state index in [1.165, 1.54) is 8.97 Å². The first-order valence-electron chi connectivity index (χ1n) is 9.51. The van der Waals surface area contributed by atoms with Gasteiger partial charge in [-0.3, -0.25) is 14.2 Å². The molecule has 0 fully saturated rings. The Morgan fingerprint density at radius 1 is 1.10 bits per heavy atom. The zero-order chi connectivity index (χ0) is 21.4. The summed E-state index contributed by atoms with van der Waals surface area (Å²) in [5.41, 5.74) is 0.328. The van der Waals surface area contributed by atoms with Crippen molar-refractivity contribution in [1.29, 1.82) is 0 Å². The van der Waals surface area contributed by atoms with Crippen LogP contribution in [0.25, 0.3) is 16.7 Å². The molecule has 30 heavy (non-hydrogen) atoms. The predicted octanol–water partition coefficient (Wildman–Crippen LogP) is 2.76. The fraction of sp³-hybridized carbons (Fsp3) is 0.238. The van der Waals surface area contributed by atoms with Crippen molar-refractivity contribution in [3.8, 4) is 0 Å². The number of para-hydroxylation sites is 1. The smallest absolute Gasteiger partial charge is 0.324 e. The Morgan fingerprint density at radius 2 is 1.80 bits per heavy atom. The summed E-state index contributed by atoms with van der Waals surface area (Å²) >= 11 is 5.86. The van der Waals surface area contributed by atoms with E-state index in [4.69, 9.17) is 11.6 Å². The highest BCUT2D eigenvalue weighted by molar-refractivity contribution is 6.30. The molecule has 0 aliphatic rings. The van der Waals surface area contributed by atoms with E-state index in [0.29, 0.717) is 28.2 Å². The van der Waals surface area contributed by atoms with Gasteiger partial charge in [0.1, 0.15) is 6.54 Å². The summed E-state index contributed by atoms with van der Waals surface area (Å²) in [7, 11) is 0. The number of carbonyl (C=O) groups excluding carboxylic acids is 1. The second-order valence-corrected chi connectivity index (χ2v) is 7.89. The maximum atomic E-state index is 13.1. The van der Waals surface area contributed by atoms with Crippen molar-refractivity contribution in [2.24, 2.45) is 5.92 Å². The molecule has 2 heterocycles. The Kier molecular flexibility index (Phi) is 5.17. The van der Waals surface area contributed by atoms with Crippen LogP contribution in [0.5, 0.6) is 0 Å². The number of benzene rings is 2. The molecule has 0 unspecified atom stereocenters. The highest BCUT2D eigenvalue weighted by atomic mass is 35.5. The predicted molar refractivity (Wildman–Crippen MR) is 116 cm³/mol. The zero-order valence-electron chi connectivity index (χ0n) is 16.5. The van der Waals surface area contributed by atoms with Crippen LogP contribution < -0.4 is 16.6 Å². The van der Waals surface area contributed by atoms with Gasteiger partial charge in [0.15, 0.2) is 0 Å². The van der Waals surface area contributed by atoms with Crippen molar-refractivity contribution >= 4 is 39.9 Å². The molecule has 0 spiro atoms. The van der Waals surface area contributed by atoms with Gasteiger partial charge in [0, 0.05) is 17.3 Å². The minimum Gasteiger partial charge on any atom is -0.324 e. The van der Waals surface area contributed by atoms with E-state index in [-0.39, 0.29) is 23.8 Å². The number of hydrogen-bond donors (Lipinski definition) is 1. The van der Waals surface area contributed by atoms with Crippen molar-refractivity contribution in [2.75, 3.05) is 5.32 Å². The van der Waals surface area contributed by atoms with Crippen LogP contribution in [-0.2, 0) is 17.9 Å². The van der Waals surface area contributed by atoms with Crippen molar-refractivity contribution in [1.82, 2.24) is 18.7 Å². The Morgan fingerprint density at radius 3 is 2.50 bits per heavy atom. The van der Waals surface area contributed by atoms with Crippen molar-refractivity contribution < 1.29 is 4.79 Å². The van der Waals surface area contributed by atoms with E-state index in [2.05, 4.69) is 10.4 Å².